The molecule has 1 aliphatic heterocycles. The molecule has 3 rings (SSSR count). The van der Waals surface area contributed by atoms with Crippen molar-refractivity contribution in [3.63, 3.8) is 0 Å². The SMILES string of the molecule is CCc1[nH]c(C(=O)NCC2CCN(c3ccccc3)C2)c(C)c1C(=O)OC. The maximum Gasteiger partial charge on any atom is 0.339 e. The summed E-state index contributed by atoms with van der Waals surface area (Å²) >= 11 is 0. The van der Waals surface area contributed by atoms with E-state index in [2.05, 4.69) is 27.3 Å². The van der Waals surface area contributed by atoms with E-state index in [0.717, 1.165) is 25.2 Å². The van der Waals surface area contributed by atoms with E-state index in [9.17, 15) is 9.59 Å². The molecule has 1 unspecified atom stereocenters. The van der Waals surface area contributed by atoms with Crippen LogP contribution in [0.1, 0.15) is 45.4 Å². The molecular formula is C21H27N3O3. The maximum atomic E-state index is 12.7. The average molecular weight is 369 g/mol. The fourth-order valence-electron chi connectivity index (χ4n) is 3.73. The lowest BCUT2D eigenvalue weighted by molar-refractivity contribution is 0.0599. The fourth-order valence-corrected chi connectivity index (χ4v) is 3.73. The number of esters is 1. The molecule has 144 valence electrons. The van der Waals surface area contributed by atoms with Crippen LogP contribution in [0.2, 0.25) is 0 Å². The van der Waals surface area contributed by atoms with Crippen molar-refractivity contribution in [3.05, 3.63) is 52.8 Å². The summed E-state index contributed by atoms with van der Waals surface area (Å²) in [5.74, 6) is -0.167. The molecule has 0 radical (unpaired) electrons. The number of aromatic amines is 1. The molecule has 0 aliphatic carbocycles. The quantitative estimate of drug-likeness (QED) is 0.768. The van der Waals surface area contributed by atoms with Crippen LogP contribution in [0, 0.1) is 12.8 Å². The summed E-state index contributed by atoms with van der Waals surface area (Å²) in [5.41, 5.74) is 3.53. The van der Waals surface area contributed by atoms with Crippen molar-refractivity contribution in [2.45, 2.75) is 26.7 Å². The Hall–Kier alpha value is -2.76. The summed E-state index contributed by atoms with van der Waals surface area (Å²) in [4.78, 5) is 30.1. The van der Waals surface area contributed by atoms with Gasteiger partial charge in [0, 0.05) is 31.0 Å². The van der Waals surface area contributed by atoms with Crippen LogP contribution in [0.25, 0.3) is 0 Å². The van der Waals surface area contributed by atoms with Gasteiger partial charge in [-0.25, -0.2) is 4.79 Å². The maximum absolute atomic E-state index is 12.7. The molecule has 27 heavy (non-hydrogen) atoms. The van der Waals surface area contributed by atoms with Crippen LogP contribution >= 0.6 is 0 Å². The number of methoxy groups -OCH3 is 1. The molecule has 2 N–H and O–H groups in total. The van der Waals surface area contributed by atoms with Gasteiger partial charge >= 0.3 is 5.97 Å². The molecule has 1 aromatic carbocycles. The van der Waals surface area contributed by atoms with Crippen LogP contribution in [0.4, 0.5) is 5.69 Å². The van der Waals surface area contributed by atoms with E-state index < -0.39 is 5.97 Å². The minimum atomic E-state index is -0.408. The van der Waals surface area contributed by atoms with Crippen molar-refractivity contribution in [1.29, 1.82) is 0 Å². The second-order valence-electron chi connectivity index (χ2n) is 6.97. The lowest BCUT2D eigenvalue weighted by Crippen LogP contribution is -2.31. The van der Waals surface area contributed by atoms with E-state index in [-0.39, 0.29) is 5.91 Å². The summed E-state index contributed by atoms with van der Waals surface area (Å²) in [7, 11) is 1.35. The van der Waals surface area contributed by atoms with Gasteiger partial charge in [0.2, 0.25) is 0 Å². The minimum absolute atomic E-state index is 0.171. The number of nitrogens with one attached hydrogen (secondary N) is 2. The molecule has 1 aromatic heterocycles. The first-order valence-corrected chi connectivity index (χ1v) is 9.43. The van der Waals surface area contributed by atoms with Crippen LogP contribution in [0.5, 0.6) is 0 Å². The molecule has 2 aromatic rings. The first-order valence-electron chi connectivity index (χ1n) is 9.43. The molecular weight excluding hydrogens is 342 g/mol. The molecule has 1 amide bonds. The average Bonchev–Trinajstić information content (AvgIpc) is 3.30. The molecule has 1 fully saturated rings. The highest BCUT2D eigenvalue weighted by Crippen LogP contribution is 2.24. The van der Waals surface area contributed by atoms with Crippen LogP contribution < -0.4 is 10.2 Å². The van der Waals surface area contributed by atoms with E-state index in [1.54, 1.807) is 6.92 Å². The number of carbonyl (C=O) groups is 2. The molecule has 1 aliphatic rings. The summed E-state index contributed by atoms with van der Waals surface area (Å²) in [5, 5.41) is 3.03. The molecule has 0 saturated carbocycles. The van der Waals surface area contributed by atoms with Crippen molar-refractivity contribution in [3.8, 4) is 0 Å². The smallest absolute Gasteiger partial charge is 0.339 e. The Labute approximate surface area is 159 Å². The van der Waals surface area contributed by atoms with Gasteiger partial charge in [-0.05, 0) is 43.4 Å². The lowest BCUT2D eigenvalue weighted by atomic mass is 10.1. The van der Waals surface area contributed by atoms with Crippen LogP contribution in [-0.2, 0) is 11.2 Å². The van der Waals surface area contributed by atoms with E-state index in [1.807, 2.05) is 25.1 Å². The van der Waals surface area contributed by atoms with Gasteiger partial charge in [-0.3, -0.25) is 4.79 Å². The summed E-state index contributed by atoms with van der Waals surface area (Å²) < 4.78 is 4.85. The highest BCUT2D eigenvalue weighted by Gasteiger charge is 2.26. The second kappa shape index (κ2) is 8.29. The highest BCUT2D eigenvalue weighted by molar-refractivity contribution is 6.00. The molecule has 0 bridgehead atoms. The summed E-state index contributed by atoms with van der Waals surface area (Å²) in [6.07, 6.45) is 1.68. The normalized spacial score (nSPS) is 16.4. The molecule has 0 spiro atoms. The number of H-pyrrole nitrogens is 1. The van der Waals surface area contributed by atoms with E-state index in [0.29, 0.717) is 35.7 Å². The fraction of sp³-hybridized carbons (Fsp3) is 0.429. The minimum Gasteiger partial charge on any atom is -0.465 e. The molecule has 1 atom stereocenters. The van der Waals surface area contributed by atoms with Gasteiger partial charge < -0.3 is 19.9 Å². The zero-order chi connectivity index (χ0) is 19.4. The van der Waals surface area contributed by atoms with Crippen molar-refractivity contribution in [1.82, 2.24) is 10.3 Å². The largest absolute Gasteiger partial charge is 0.465 e. The monoisotopic (exact) mass is 369 g/mol. The van der Waals surface area contributed by atoms with Gasteiger partial charge in [0.05, 0.1) is 12.7 Å². The number of amides is 1. The first kappa shape index (κ1) is 19.0. The van der Waals surface area contributed by atoms with Crippen molar-refractivity contribution in [2.75, 3.05) is 31.6 Å². The summed E-state index contributed by atoms with van der Waals surface area (Å²) in [6.45, 7) is 6.27. The number of nitrogens with zero attached hydrogens (tertiary/aromatic N) is 1. The zero-order valence-electron chi connectivity index (χ0n) is 16.2. The second-order valence-corrected chi connectivity index (χ2v) is 6.97. The highest BCUT2D eigenvalue weighted by atomic mass is 16.5. The molecule has 1 saturated heterocycles. The predicted octanol–water partition coefficient (Wildman–Crippen LogP) is 2.93. The Kier molecular flexibility index (Phi) is 5.84. The number of benzene rings is 1. The standard InChI is InChI=1S/C21H27N3O3/c1-4-17-18(21(26)27-3)14(2)19(23-17)20(25)22-12-15-10-11-24(13-15)16-8-6-5-7-9-16/h5-9,15,23H,4,10-13H2,1-3H3,(H,22,25). The zero-order valence-corrected chi connectivity index (χ0v) is 16.2. The van der Waals surface area contributed by atoms with Crippen LogP contribution in [-0.4, -0.2) is 43.6 Å². The van der Waals surface area contributed by atoms with E-state index >= 15 is 0 Å². The Bertz CT molecular complexity index is 814. The van der Waals surface area contributed by atoms with Crippen molar-refractivity contribution >= 4 is 17.6 Å². The third kappa shape index (κ3) is 3.99. The Morgan fingerprint density at radius 3 is 2.70 bits per heavy atom. The van der Waals surface area contributed by atoms with Crippen LogP contribution in [0.3, 0.4) is 0 Å². The lowest BCUT2D eigenvalue weighted by Gasteiger charge is -2.18. The van der Waals surface area contributed by atoms with E-state index in [1.165, 1.54) is 12.8 Å². The number of carbonyl (C=O) groups excluding carboxylic acids is 2. The van der Waals surface area contributed by atoms with Crippen molar-refractivity contribution < 1.29 is 14.3 Å². The number of rotatable bonds is 6. The number of aromatic nitrogens is 1. The number of para-hydroxylation sites is 1. The van der Waals surface area contributed by atoms with Gasteiger partial charge in [0.1, 0.15) is 5.69 Å². The molecule has 6 nitrogen and oxygen atoms in total. The Morgan fingerprint density at radius 1 is 1.30 bits per heavy atom. The summed E-state index contributed by atoms with van der Waals surface area (Å²) in [6, 6.07) is 10.3. The van der Waals surface area contributed by atoms with Gasteiger partial charge in [0.15, 0.2) is 0 Å². The number of hydrogen-bond acceptors (Lipinski definition) is 4. The van der Waals surface area contributed by atoms with Gasteiger partial charge in [-0.1, -0.05) is 25.1 Å². The Balaban J connectivity index is 1.62. The Morgan fingerprint density at radius 2 is 2.04 bits per heavy atom. The van der Waals surface area contributed by atoms with Gasteiger partial charge in [-0.2, -0.15) is 0 Å². The number of aryl methyl sites for hydroxylation is 1. The number of ether oxygens (including phenoxy) is 1. The van der Waals surface area contributed by atoms with E-state index in [4.69, 9.17) is 4.74 Å². The first-order chi connectivity index (χ1) is 13.0. The predicted molar refractivity (Wildman–Crippen MR) is 105 cm³/mol. The number of hydrogen-bond donors (Lipinski definition) is 2. The topological polar surface area (TPSA) is 74.4 Å². The van der Waals surface area contributed by atoms with Crippen molar-refractivity contribution in [2.24, 2.45) is 5.92 Å². The van der Waals surface area contributed by atoms with Gasteiger partial charge in [0.25, 0.3) is 5.91 Å². The van der Waals surface area contributed by atoms with Crippen LogP contribution in [0.15, 0.2) is 30.3 Å². The third-order valence-corrected chi connectivity index (χ3v) is 5.26. The molecule has 6 heteroatoms. The van der Waals surface area contributed by atoms with Gasteiger partial charge in [-0.15, -0.1) is 0 Å². The number of anilines is 1. The molecule has 2 heterocycles. The third-order valence-electron chi connectivity index (χ3n) is 5.26.